The van der Waals surface area contributed by atoms with Gasteiger partial charge in [0.05, 0.1) is 13.2 Å². The van der Waals surface area contributed by atoms with Gasteiger partial charge in [-0.05, 0) is 26.0 Å². The third-order valence-corrected chi connectivity index (χ3v) is 2.52. The number of esters is 1. The average Bonchev–Trinajstić information content (AvgIpc) is 2.34. The molecule has 0 spiro atoms. The SMILES string of the molecule is CCOC(=O)C(C)(N)CCOc1ccc(F)c(F)c1. The van der Waals surface area contributed by atoms with Gasteiger partial charge < -0.3 is 15.2 Å². The monoisotopic (exact) mass is 273 g/mol. The van der Waals surface area contributed by atoms with Crippen molar-refractivity contribution in [1.29, 1.82) is 0 Å². The maximum Gasteiger partial charge on any atom is 0.325 e. The Morgan fingerprint density at radius 1 is 1.37 bits per heavy atom. The second-order valence-electron chi connectivity index (χ2n) is 4.31. The summed E-state index contributed by atoms with van der Waals surface area (Å²) in [6.07, 6.45) is 0.199. The second kappa shape index (κ2) is 6.47. The predicted octanol–water partition coefficient (Wildman–Crippen LogP) is 2.01. The van der Waals surface area contributed by atoms with E-state index in [1.165, 1.54) is 13.0 Å². The van der Waals surface area contributed by atoms with Crippen LogP contribution in [0.15, 0.2) is 18.2 Å². The van der Waals surface area contributed by atoms with Crippen molar-refractivity contribution >= 4 is 5.97 Å². The molecule has 1 aromatic carbocycles. The molecule has 6 heteroatoms. The topological polar surface area (TPSA) is 61.5 Å². The van der Waals surface area contributed by atoms with E-state index < -0.39 is 23.1 Å². The van der Waals surface area contributed by atoms with Gasteiger partial charge in [0.15, 0.2) is 11.6 Å². The molecule has 1 unspecified atom stereocenters. The molecule has 106 valence electrons. The molecular weight excluding hydrogens is 256 g/mol. The van der Waals surface area contributed by atoms with Crippen molar-refractivity contribution in [2.45, 2.75) is 25.8 Å². The Bertz CT molecular complexity index is 450. The van der Waals surface area contributed by atoms with E-state index in [4.69, 9.17) is 15.2 Å². The second-order valence-corrected chi connectivity index (χ2v) is 4.31. The number of ether oxygens (including phenoxy) is 2. The zero-order chi connectivity index (χ0) is 14.5. The molecule has 0 aromatic heterocycles. The number of carbonyl (C=O) groups is 1. The zero-order valence-electron chi connectivity index (χ0n) is 10.9. The van der Waals surface area contributed by atoms with Crippen LogP contribution in [0.4, 0.5) is 8.78 Å². The fraction of sp³-hybridized carbons (Fsp3) is 0.462. The minimum absolute atomic E-state index is 0.0941. The molecule has 0 fully saturated rings. The molecule has 0 aliphatic rings. The molecular formula is C13H17F2NO3. The summed E-state index contributed by atoms with van der Waals surface area (Å²) in [5, 5.41) is 0. The number of halogens is 2. The highest BCUT2D eigenvalue weighted by Crippen LogP contribution is 2.17. The van der Waals surface area contributed by atoms with Crippen LogP contribution in [0.2, 0.25) is 0 Å². The lowest BCUT2D eigenvalue weighted by atomic mass is 10.0. The van der Waals surface area contributed by atoms with Gasteiger partial charge in [-0.2, -0.15) is 0 Å². The standard InChI is InChI=1S/C13H17F2NO3/c1-3-18-12(17)13(2,16)6-7-19-9-4-5-10(14)11(15)8-9/h4-5,8H,3,6-7,16H2,1-2H3. The first-order valence-electron chi connectivity index (χ1n) is 5.91. The van der Waals surface area contributed by atoms with Gasteiger partial charge in [0.25, 0.3) is 0 Å². The molecule has 0 aliphatic heterocycles. The van der Waals surface area contributed by atoms with E-state index in [2.05, 4.69) is 0 Å². The van der Waals surface area contributed by atoms with E-state index in [1.807, 2.05) is 0 Å². The Hall–Kier alpha value is -1.69. The van der Waals surface area contributed by atoms with E-state index >= 15 is 0 Å². The Labute approximate surface area is 110 Å². The quantitative estimate of drug-likeness (QED) is 0.805. The molecule has 0 radical (unpaired) electrons. The lowest BCUT2D eigenvalue weighted by molar-refractivity contribution is -0.149. The Morgan fingerprint density at radius 3 is 2.63 bits per heavy atom. The van der Waals surface area contributed by atoms with Gasteiger partial charge in [-0.3, -0.25) is 4.79 Å². The van der Waals surface area contributed by atoms with Crippen molar-refractivity contribution in [3.8, 4) is 5.75 Å². The Morgan fingerprint density at radius 2 is 2.05 bits per heavy atom. The van der Waals surface area contributed by atoms with E-state index in [9.17, 15) is 13.6 Å². The van der Waals surface area contributed by atoms with Gasteiger partial charge >= 0.3 is 5.97 Å². The number of nitrogens with two attached hydrogens (primary N) is 1. The highest BCUT2D eigenvalue weighted by atomic mass is 19.2. The summed E-state index contributed by atoms with van der Waals surface area (Å²) in [6.45, 7) is 3.55. The summed E-state index contributed by atoms with van der Waals surface area (Å²) < 4.78 is 35.6. The van der Waals surface area contributed by atoms with Crippen molar-refractivity contribution in [2.75, 3.05) is 13.2 Å². The first-order valence-corrected chi connectivity index (χ1v) is 5.91. The molecule has 2 N–H and O–H groups in total. The van der Waals surface area contributed by atoms with Gasteiger partial charge in [0, 0.05) is 12.5 Å². The maximum atomic E-state index is 12.9. The summed E-state index contributed by atoms with van der Waals surface area (Å²) in [6, 6.07) is 3.21. The lowest BCUT2D eigenvalue weighted by Gasteiger charge is -2.22. The summed E-state index contributed by atoms with van der Waals surface area (Å²) in [5.41, 5.74) is 4.60. The van der Waals surface area contributed by atoms with Crippen molar-refractivity contribution in [3.05, 3.63) is 29.8 Å². The smallest absolute Gasteiger partial charge is 0.325 e. The highest BCUT2D eigenvalue weighted by molar-refractivity contribution is 5.79. The van der Waals surface area contributed by atoms with Gasteiger partial charge in [-0.1, -0.05) is 0 Å². The molecule has 4 nitrogen and oxygen atoms in total. The first-order chi connectivity index (χ1) is 8.86. The molecule has 1 aromatic rings. The molecule has 19 heavy (non-hydrogen) atoms. The number of rotatable bonds is 6. The van der Waals surface area contributed by atoms with Crippen molar-refractivity contribution < 1.29 is 23.0 Å². The third-order valence-electron chi connectivity index (χ3n) is 2.52. The third kappa shape index (κ3) is 4.48. The van der Waals surface area contributed by atoms with Gasteiger partial charge in [-0.25, -0.2) is 8.78 Å². The fourth-order valence-electron chi connectivity index (χ4n) is 1.35. The van der Waals surface area contributed by atoms with Crippen LogP contribution >= 0.6 is 0 Å². The molecule has 0 saturated heterocycles. The zero-order valence-corrected chi connectivity index (χ0v) is 10.9. The van der Waals surface area contributed by atoms with Crippen LogP contribution < -0.4 is 10.5 Å². The molecule has 1 rings (SSSR count). The predicted molar refractivity (Wildman–Crippen MR) is 65.7 cm³/mol. The van der Waals surface area contributed by atoms with Gasteiger partial charge in [0.2, 0.25) is 0 Å². The van der Waals surface area contributed by atoms with Gasteiger partial charge in [-0.15, -0.1) is 0 Å². The Balaban J connectivity index is 2.49. The molecule has 0 aliphatic carbocycles. The molecule has 0 heterocycles. The summed E-state index contributed by atoms with van der Waals surface area (Å²) in [5.74, 6) is -2.27. The number of benzene rings is 1. The summed E-state index contributed by atoms with van der Waals surface area (Å²) >= 11 is 0. The van der Waals surface area contributed by atoms with Gasteiger partial charge in [0.1, 0.15) is 11.3 Å². The van der Waals surface area contributed by atoms with Crippen LogP contribution in [0, 0.1) is 11.6 Å². The molecule has 0 saturated carbocycles. The minimum atomic E-state index is -1.17. The normalized spacial score (nSPS) is 13.7. The van der Waals surface area contributed by atoms with E-state index in [0.29, 0.717) is 0 Å². The lowest BCUT2D eigenvalue weighted by Crippen LogP contribution is -2.47. The van der Waals surface area contributed by atoms with Crippen molar-refractivity contribution in [2.24, 2.45) is 5.73 Å². The summed E-state index contributed by atoms with van der Waals surface area (Å²) in [4.78, 5) is 11.5. The fourth-order valence-corrected chi connectivity index (χ4v) is 1.35. The largest absolute Gasteiger partial charge is 0.493 e. The number of hydrogen-bond acceptors (Lipinski definition) is 4. The average molecular weight is 273 g/mol. The molecule has 0 amide bonds. The number of hydrogen-bond donors (Lipinski definition) is 1. The van der Waals surface area contributed by atoms with E-state index in [1.54, 1.807) is 6.92 Å². The Kier molecular flexibility index (Phi) is 5.23. The number of carbonyl (C=O) groups excluding carboxylic acids is 1. The minimum Gasteiger partial charge on any atom is -0.493 e. The van der Waals surface area contributed by atoms with Crippen molar-refractivity contribution in [1.82, 2.24) is 0 Å². The van der Waals surface area contributed by atoms with Crippen LogP contribution in [0.5, 0.6) is 5.75 Å². The van der Waals surface area contributed by atoms with Crippen LogP contribution in [0.3, 0.4) is 0 Å². The van der Waals surface area contributed by atoms with Crippen molar-refractivity contribution in [3.63, 3.8) is 0 Å². The highest BCUT2D eigenvalue weighted by Gasteiger charge is 2.29. The maximum absolute atomic E-state index is 12.9. The molecule has 1 atom stereocenters. The van der Waals surface area contributed by atoms with Crippen LogP contribution in [0.25, 0.3) is 0 Å². The van der Waals surface area contributed by atoms with E-state index in [-0.39, 0.29) is 25.4 Å². The van der Waals surface area contributed by atoms with Crippen LogP contribution in [-0.4, -0.2) is 24.7 Å². The van der Waals surface area contributed by atoms with Crippen LogP contribution in [-0.2, 0) is 9.53 Å². The summed E-state index contributed by atoms with van der Waals surface area (Å²) in [7, 11) is 0. The molecule has 0 bridgehead atoms. The van der Waals surface area contributed by atoms with Crippen LogP contribution in [0.1, 0.15) is 20.3 Å². The van der Waals surface area contributed by atoms with E-state index in [0.717, 1.165) is 12.1 Å². The first kappa shape index (κ1) is 15.4.